The average Bonchev–Trinajstić information content (AvgIpc) is 2.51. The third-order valence-electron chi connectivity index (χ3n) is 3.51. The van der Waals surface area contributed by atoms with Gasteiger partial charge in [-0.05, 0) is 12.8 Å². The van der Waals surface area contributed by atoms with Crippen molar-refractivity contribution in [3.63, 3.8) is 0 Å². The first kappa shape index (κ1) is 17.9. The molecule has 0 fully saturated rings. The minimum absolute atomic E-state index is 0.0602. The molecule has 0 spiro atoms. The molecule has 124 valence electrons. The maximum Gasteiger partial charge on any atom is 0.239 e. The van der Waals surface area contributed by atoms with Gasteiger partial charge in [0.1, 0.15) is 0 Å². The van der Waals surface area contributed by atoms with Crippen LogP contribution >= 0.6 is 0 Å². The molecule has 0 bridgehead atoms. The van der Waals surface area contributed by atoms with Gasteiger partial charge in [-0.25, -0.2) is 0 Å². The number of amides is 1. The Morgan fingerprint density at radius 3 is 2.00 bits per heavy atom. The molecule has 0 aliphatic heterocycles. The summed E-state index contributed by atoms with van der Waals surface area (Å²) in [6, 6.07) is 3.66. The second-order valence-corrected chi connectivity index (χ2v) is 5.37. The summed E-state index contributed by atoms with van der Waals surface area (Å²) in [5.41, 5.74) is 0.724. The van der Waals surface area contributed by atoms with E-state index < -0.39 is 0 Å². The van der Waals surface area contributed by atoms with Crippen LogP contribution in [0.5, 0.6) is 17.2 Å². The van der Waals surface area contributed by atoms with Gasteiger partial charge < -0.3 is 24.8 Å². The second kappa shape index (κ2) is 8.36. The van der Waals surface area contributed by atoms with E-state index in [4.69, 9.17) is 14.2 Å². The summed E-state index contributed by atoms with van der Waals surface area (Å²) in [4.78, 5) is 11.9. The molecule has 2 N–H and O–H groups in total. The maximum atomic E-state index is 11.9. The number of ether oxygens (including phenoxy) is 3. The van der Waals surface area contributed by atoms with E-state index in [2.05, 4.69) is 24.5 Å². The third-order valence-corrected chi connectivity index (χ3v) is 3.51. The zero-order valence-electron chi connectivity index (χ0n) is 14.1. The Balaban J connectivity index is 2.76. The molecule has 0 aliphatic carbocycles. The van der Waals surface area contributed by atoms with Crippen LogP contribution in [0.4, 0.5) is 5.69 Å². The van der Waals surface area contributed by atoms with Gasteiger partial charge in [0.05, 0.1) is 27.9 Å². The zero-order valence-corrected chi connectivity index (χ0v) is 14.1. The highest BCUT2D eigenvalue weighted by Gasteiger charge is 2.14. The van der Waals surface area contributed by atoms with E-state index >= 15 is 0 Å². The normalized spacial score (nSPS) is 11.8. The van der Waals surface area contributed by atoms with Crippen molar-refractivity contribution in [2.45, 2.75) is 26.8 Å². The average molecular weight is 310 g/mol. The SMILES string of the molecule is COc1cc(NCC(=O)NC(C)C(C)C)cc(OC)c1OC. The Hall–Kier alpha value is -2.11. The van der Waals surface area contributed by atoms with Gasteiger partial charge in [-0.3, -0.25) is 4.79 Å². The van der Waals surface area contributed by atoms with Crippen LogP contribution in [0.15, 0.2) is 12.1 Å². The van der Waals surface area contributed by atoms with Crippen molar-refractivity contribution in [3.8, 4) is 17.2 Å². The molecule has 1 aromatic rings. The number of methoxy groups -OCH3 is 3. The minimum atomic E-state index is -0.0602. The van der Waals surface area contributed by atoms with Crippen LogP contribution < -0.4 is 24.8 Å². The summed E-state index contributed by atoms with van der Waals surface area (Å²) in [6.45, 7) is 6.30. The van der Waals surface area contributed by atoms with Crippen LogP contribution in [-0.2, 0) is 4.79 Å². The Kier molecular flexibility index (Phi) is 6.82. The molecule has 0 aromatic heterocycles. The smallest absolute Gasteiger partial charge is 0.239 e. The number of anilines is 1. The number of carbonyl (C=O) groups is 1. The van der Waals surface area contributed by atoms with E-state index in [-0.39, 0.29) is 18.5 Å². The van der Waals surface area contributed by atoms with E-state index in [0.717, 1.165) is 5.69 Å². The van der Waals surface area contributed by atoms with Crippen LogP contribution in [0, 0.1) is 5.92 Å². The molecule has 1 amide bonds. The molecule has 0 heterocycles. The Labute approximate surface area is 132 Å². The molecule has 0 saturated carbocycles. The van der Waals surface area contributed by atoms with Gasteiger partial charge in [0.15, 0.2) is 11.5 Å². The molecule has 1 rings (SSSR count). The van der Waals surface area contributed by atoms with Crippen molar-refractivity contribution in [2.75, 3.05) is 33.2 Å². The molecule has 6 heteroatoms. The molecule has 0 saturated heterocycles. The monoisotopic (exact) mass is 310 g/mol. The number of hydrogen-bond acceptors (Lipinski definition) is 5. The van der Waals surface area contributed by atoms with Crippen molar-refractivity contribution in [2.24, 2.45) is 5.92 Å². The summed E-state index contributed by atoms with van der Waals surface area (Å²) in [5.74, 6) is 1.94. The van der Waals surface area contributed by atoms with Crippen LogP contribution in [0.25, 0.3) is 0 Å². The van der Waals surface area contributed by atoms with E-state index in [0.29, 0.717) is 23.2 Å². The number of rotatable bonds is 8. The van der Waals surface area contributed by atoms with Crippen LogP contribution in [0.3, 0.4) is 0 Å². The van der Waals surface area contributed by atoms with Gasteiger partial charge in [-0.1, -0.05) is 13.8 Å². The molecule has 6 nitrogen and oxygen atoms in total. The first-order valence-corrected chi connectivity index (χ1v) is 7.26. The van der Waals surface area contributed by atoms with Gasteiger partial charge >= 0.3 is 0 Å². The summed E-state index contributed by atoms with van der Waals surface area (Å²) in [5, 5.41) is 6.00. The highest BCUT2D eigenvalue weighted by molar-refractivity contribution is 5.81. The standard InChI is InChI=1S/C16H26N2O4/c1-10(2)11(3)18-15(19)9-17-12-7-13(20-4)16(22-6)14(8-12)21-5/h7-8,10-11,17H,9H2,1-6H3,(H,18,19). The lowest BCUT2D eigenvalue weighted by atomic mass is 10.1. The molecule has 1 atom stereocenters. The molecule has 22 heavy (non-hydrogen) atoms. The van der Waals surface area contributed by atoms with Crippen molar-refractivity contribution in [3.05, 3.63) is 12.1 Å². The predicted molar refractivity (Wildman–Crippen MR) is 87.0 cm³/mol. The predicted octanol–water partition coefficient (Wildman–Crippen LogP) is 2.29. The van der Waals surface area contributed by atoms with Crippen molar-refractivity contribution in [1.29, 1.82) is 0 Å². The van der Waals surface area contributed by atoms with E-state index in [1.54, 1.807) is 33.5 Å². The summed E-state index contributed by atoms with van der Waals surface area (Å²) >= 11 is 0. The zero-order chi connectivity index (χ0) is 16.7. The highest BCUT2D eigenvalue weighted by atomic mass is 16.5. The summed E-state index contributed by atoms with van der Waals surface area (Å²) in [6.07, 6.45) is 0. The Morgan fingerprint density at radius 1 is 1.05 bits per heavy atom. The second-order valence-electron chi connectivity index (χ2n) is 5.37. The van der Waals surface area contributed by atoms with Crippen molar-refractivity contribution in [1.82, 2.24) is 5.32 Å². The van der Waals surface area contributed by atoms with Gasteiger partial charge in [0.25, 0.3) is 0 Å². The van der Waals surface area contributed by atoms with Gasteiger partial charge in [-0.15, -0.1) is 0 Å². The molecule has 0 aliphatic rings. The Bertz CT molecular complexity index is 478. The third kappa shape index (κ3) is 4.72. The number of benzene rings is 1. The topological polar surface area (TPSA) is 68.8 Å². The van der Waals surface area contributed by atoms with E-state index in [1.165, 1.54) is 0 Å². The molecule has 1 unspecified atom stereocenters. The van der Waals surface area contributed by atoms with Crippen LogP contribution in [-0.4, -0.2) is 39.8 Å². The first-order valence-electron chi connectivity index (χ1n) is 7.26. The molecular formula is C16H26N2O4. The lowest BCUT2D eigenvalue weighted by molar-refractivity contribution is -0.120. The van der Waals surface area contributed by atoms with Crippen LogP contribution in [0.2, 0.25) is 0 Å². The Morgan fingerprint density at radius 2 is 1.59 bits per heavy atom. The summed E-state index contributed by atoms with van der Waals surface area (Å²) in [7, 11) is 4.66. The lowest BCUT2D eigenvalue weighted by Gasteiger charge is -2.18. The molecule has 0 radical (unpaired) electrons. The summed E-state index contributed by atoms with van der Waals surface area (Å²) < 4.78 is 15.8. The highest BCUT2D eigenvalue weighted by Crippen LogP contribution is 2.39. The molecular weight excluding hydrogens is 284 g/mol. The first-order chi connectivity index (χ1) is 10.4. The van der Waals surface area contributed by atoms with Crippen molar-refractivity contribution < 1.29 is 19.0 Å². The fourth-order valence-corrected chi connectivity index (χ4v) is 1.84. The number of nitrogens with one attached hydrogen (secondary N) is 2. The van der Waals surface area contributed by atoms with E-state index in [1.807, 2.05) is 6.92 Å². The number of hydrogen-bond donors (Lipinski definition) is 2. The number of carbonyl (C=O) groups excluding carboxylic acids is 1. The van der Waals surface area contributed by atoms with Crippen LogP contribution in [0.1, 0.15) is 20.8 Å². The largest absolute Gasteiger partial charge is 0.493 e. The fourth-order valence-electron chi connectivity index (χ4n) is 1.84. The van der Waals surface area contributed by atoms with Gasteiger partial charge in [0, 0.05) is 23.9 Å². The van der Waals surface area contributed by atoms with E-state index in [9.17, 15) is 4.79 Å². The fraction of sp³-hybridized carbons (Fsp3) is 0.562. The minimum Gasteiger partial charge on any atom is -0.493 e. The lowest BCUT2D eigenvalue weighted by Crippen LogP contribution is -2.39. The molecule has 1 aromatic carbocycles. The van der Waals surface area contributed by atoms with Gasteiger partial charge in [0.2, 0.25) is 11.7 Å². The van der Waals surface area contributed by atoms with Crippen molar-refractivity contribution >= 4 is 11.6 Å². The maximum absolute atomic E-state index is 11.9. The quantitative estimate of drug-likeness (QED) is 0.771. The van der Waals surface area contributed by atoms with Gasteiger partial charge in [-0.2, -0.15) is 0 Å².